The van der Waals surface area contributed by atoms with Crippen LogP contribution in [0.3, 0.4) is 0 Å². The lowest BCUT2D eigenvalue weighted by molar-refractivity contribution is 0.162. The van der Waals surface area contributed by atoms with Crippen molar-refractivity contribution < 1.29 is 4.74 Å². The highest BCUT2D eigenvalue weighted by atomic mass is 16.5. The van der Waals surface area contributed by atoms with Crippen LogP contribution in [0.2, 0.25) is 0 Å². The molecule has 1 saturated carbocycles. The maximum atomic E-state index is 4.83. The van der Waals surface area contributed by atoms with Crippen LogP contribution >= 0.6 is 0 Å². The molecule has 0 heterocycles. The molecule has 0 aromatic rings. The van der Waals surface area contributed by atoms with Gasteiger partial charge in [0.25, 0.3) is 0 Å². The Bertz CT molecular complexity index is 225. The topological polar surface area (TPSA) is 9.23 Å². The van der Waals surface area contributed by atoms with E-state index in [1.54, 1.807) is 5.57 Å². The van der Waals surface area contributed by atoms with Crippen LogP contribution < -0.4 is 0 Å². The first kappa shape index (κ1) is 12.8. The molecular weight excluding hydrogens is 184 g/mol. The first-order valence-electron chi connectivity index (χ1n) is 6.33. The average molecular weight is 210 g/mol. The molecule has 0 saturated heterocycles. The summed E-state index contributed by atoms with van der Waals surface area (Å²) in [6, 6.07) is 0. The summed E-state index contributed by atoms with van der Waals surface area (Å²) >= 11 is 0. The standard InChI is InChI=1S/C10H16.C4H10O/c1-7-4-5-8-9(6-7)10(8,2)3;1-3-5-4-2/h6-8H,4-5H2,1-3H3;3-4H2,1-2H3. The van der Waals surface area contributed by atoms with Crippen LogP contribution in [-0.4, -0.2) is 13.2 Å². The summed E-state index contributed by atoms with van der Waals surface area (Å²) in [5, 5.41) is 0. The predicted octanol–water partition coefficient (Wildman–Crippen LogP) is 4.04. The molecule has 1 heteroatoms. The zero-order chi connectivity index (χ0) is 11.5. The second-order valence-electron chi connectivity index (χ2n) is 5.23. The second kappa shape index (κ2) is 5.16. The zero-order valence-electron chi connectivity index (χ0n) is 11.0. The predicted molar refractivity (Wildman–Crippen MR) is 65.9 cm³/mol. The smallest absolute Gasteiger partial charge is 0.0437 e. The number of hydrogen-bond donors (Lipinski definition) is 0. The van der Waals surface area contributed by atoms with Crippen LogP contribution in [-0.2, 0) is 4.74 Å². The fourth-order valence-corrected chi connectivity index (χ4v) is 2.55. The molecule has 0 amide bonds. The van der Waals surface area contributed by atoms with Gasteiger partial charge in [0.05, 0.1) is 0 Å². The third kappa shape index (κ3) is 3.07. The summed E-state index contributed by atoms with van der Waals surface area (Å²) in [4.78, 5) is 0. The maximum Gasteiger partial charge on any atom is 0.0437 e. The first-order valence-corrected chi connectivity index (χ1v) is 6.33. The van der Waals surface area contributed by atoms with E-state index < -0.39 is 0 Å². The normalized spacial score (nSPS) is 30.9. The van der Waals surface area contributed by atoms with Gasteiger partial charge >= 0.3 is 0 Å². The van der Waals surface area contributed by atoms with Crippen molar-refractivity contribution >= 4 is 0 Å². The van der Waals surface area contributed by atoms with E-state index in [0.29, 0.717) is 5.41 Å². The lowest BCUT2D eigenvalue weighted by atomic mass is 9.98. The quantitative estimate of drug-likeness (QED) is 0.625. The van der Waals surface area contributed by atoms with E-state index in [-0.39, 0.29) is 0 Å². The fraction of sp³-hybridized carbons (Fsp3) is 0.857. The van der Waals surface area contributed by atoms with Crippen molar-refractivity contribution in [2.75, 3.05) is 13.2 Å². The average Bonchev–Trinajstić information content (AvgIpc) is 2.71. The van der Waals surface area contributed by atoms with E-state index in [0.717, 1.165) is 25.0 Å². The summed E-state index contributed by atoms with van der Waals surface area (Å²) in [6.45, 7) is 12.8. The molecule has 0 spiro atoms. The first-order chi connectivity index (χ1) is 7.04. The Balaban J connectivity index is 0.000000195. The van der Waals surface area contributed by atoms with Gasteiger partial charge < -0.3 is 4.74 Å². The van der Waals surface area contributed by atoms with E-state index in [4.69, 9.17) is 4.74 Å². The van der Waals surface area contributed by atoms with E-state index in [1.807, 2.05) is 13.8 Å². The largest absolute Gasteiger partial charge is 0.382 e. The second-order valence-corrected chi connectivity index (χ2v) is 5.23. The van der Waals surface area contributed by atoms with Gasteiger partial charge in [0, 0.05) is 13.2 Å². The maximum absolute atomic E-state index is 4.83. The minimum Gasteiger partial charge on any atom is -0.382 e. The lowest BCUT2D eigenvalue weighted by Gasteiger charge is -2.08. The minimum atomic E-state index is 0.588. The lowest BCUT2D eigenvalue weighted by Crippen LogP contribution is -1.95. The monoisotopic (exact) mass is 210 g/mol. The molecule has 0 bridgehead atoms. The third-order valence-corrected chi connectivity index (χ3v) is 3.69. The Morgan fingerprint density at radius 1 is 1.27 bits per heavy atom. The number of fused-ring (bicyclic) bond motifs is 1. The number of ether oxygens (including phenoxy) is 1. The van der Waals surface area contributed by atoms with Crippen molar-refractivity contribution in [3.63, 3.8) is 0 Å². The van der Waals surface area contributed by atoms with Crippen LogP contribution in [0.4, 0.5) is 0 Å². The SMILES string of the molecule is CC1C=C2C(CC1)C2(C)C.CCOCC. The Kier molecular flexibility index (Phi) is 4.39. The van der Waals surface area contributed by atoms with Crippen molar-refractivity contribution in [2.45, 2.75) is 47.5 Å². The molecule has 0 aromatic carbocycles. The Hall–Kier alpha value is -0.300. The summed E-state index contributed by atoms with van der Waals surface area (Å²) < 4.78 is 4.83. The van der Waals surface area contributed by atoms with Gasteiger partial charge in [-0.1, -0.05) is 32.4 Å². The van der Waals surface area contributed by atoms with E-state index in [1.165, 1.54) is 12.8 Å². The minimum absolute atomic E-state index is 0.588. The van der Waals surface area contributed by atoms with Crippen molar-refractivity contribution in [3.05, 3.63) is 11.6 Å². The van der Waals surface area contributed by atoms with Gasteiger partial charge in [-0.15, -0.1) is 0 Å². The number of hydrogen-bond acceptors (Lipinski definition) is 1. The van der Waals surface area contributed by atoms with Gasteiger partial charge in [0.1, 0.15) is 0 Å². The van der Waals surface area contributed by atoms with Crippen LogP contribution in [0.25, 0.3) is 0 Å². The van der Waals surface area contributed by atoms with Gasteiger partial charge in [-0.25, -0.2) is 0 Å². The Labute approximate surface area is 94.9 Å². The molecule has 15 heavy (non-hydrogen) atoms. The van der Waals surface area contributed by atoms with Gasteiger partial charge in [0.15, 0.2) is 0 Å². The van der Waals surface area contributed by atoms with E-state index >= 15 is 0 Å². The van der Waals surface area contributed by atoms with Crippen molar-refractivity contribution in [3.8, 4) is 0 Å². The molecule has 2 aliphatic rings. The molecule has 88 valence electrons. The summed E-state index contributed by atoms with van der Waals surface area (Å²) in [7, 11) is 0. The van der Waals surface area contributed by atoms with E-state index in [2.05, 4.69) is 26.8 Å². The van der Waals surface area contributed by atoms with Crippen LogP contribution in [0.5, 0.6) is 0 Å². The summed E-state index contributed by atoms with van der Waals surface area (Å²) in [6.07, 6.45) is 5.35. The van der Waals surface area contributed by atoms with Gasteiger partial charge in [-0.2, -0.15) is 0 Å². The Morgan fingerprint density at radius 3 is 2.20 bits per heavy atom. The molecule has 0 aliphatic heterocycles. The molecule has 2 atom stereocenters. The van der Waals surface area contributed by atoms with Crippen molar-refractivity contribution in [2.24, 2.45) is 17.3 Å². The molecule has 1 fully saturated rings. The fourth-order valence-electron chi connectivity index (χ4n) is 2.55. The van der Waals surface area contributed by atoms with Crippen molar-refractivity contribution in [1.82, 2.24) is 0 Å². The van der Waals surface area contributed by atoms with E-state index in [9.17, 15) is 0 Å². The Morgan fingerprint density at radius 2 is 1.87 bits per heavy atom. The number of allylic oxidation sites excluding steroid dienone is 2. The molecule has 0 aromatic heterocycles. The van der Waals surface area contributed by atoms with Gasteiger partial charge in [-0.3, -0.25) is 0 Å². The zero-order valence-corrected chi connectivity index (χ0v) is 11.0. The van der Waals surface area contributed by atoms with Crippen LogP contribution in [0.1, 0.15) is 47.5 Å². The summed E-state index contributed by atoms with van der Waals surface area (Å²) in [5.74, 6) is 1.82. The third-order valence-electron chi connectivity index (χ3n) is 3.69. The summed E-state index contributed by atoms with van der Waals surface area (Å²) in [5.41, 5.74) is 2.33. The highest BCUT2D eigenvalue weighted by Crippen LogP contribution is 2.62. The highest BCUT2D eigenvalue weighted by Gasteiger charge is 2.52. The molecule has 1 nitrogen and oxygen atoms in total. The molecule has 2 aliphatic carbocycles. The molecular formula is C14H26O. The van der Waals surface area contributed by atoms with Crippen LogP contribution in [0, 0.1) is 17.3 Å². The van der Waals surface area contributed by atoms with Gasteiger partial charge in [-0.05, 0) is 43.9 Å². The van der Waals surface area contributed by atoms with Gasteiger partial charge in [0.2, 0.25) is 0 Å². The number of rotatable bonds is 2. The highest BCUT2D eigenvalue weighted by molar-refractivity contribution is 5.37. The van der Waals surface area contributed by atoms with Crippen LogP contribution in [0.15, 0.2) is 11.6 Å². The molecule has 2 unspecified atom stereocenters. The van der Waals surface area contributed by atoms with Crippen molar-refractivity contribution in [1.29, 1.82) is 0 Å². The molecule has 0 radical (unpaired) electrons. The molecule has 0 N–H and O–H groups in total. The molecule has 2 rings (SSSR count).